The van der Waals surface area contributed by atoms with Gasteiger partial charge in [-0.25, -0.2) is 0 Å². The van der Waals surface area contributed by atoms with E-state index in [9.17, 15) is 4.79 Å². The Balaban J connectivity index is 1.70. The van der Waals surface area contributed by atoms with Gasteiger partial charge in [0.05, 0.1) is 13.2 Å². The van der Waals surface area contributed by atoms with E-state index >= 15 is 0 Å². The van der Waals surface area contributed by atoms with Crippen molar-refractivity contribution >= 4 is 5.91 Å². The van der Waals surface area contributed by atoms with Crippen LogP contribution in [0.4, 0.5) is 0 Å². The lowest BCUT2D eigenvalue weighted by molar-refractivity contribution is -0.139. The smallest absolute Gasteiger partial charge is 0.225 e. The van der Waals surface area contributed by atoms with Crippen molar-refractivity contribution in [3.05, 3.63) is 35.4 Å². The quantitative estimate of drug-likeness (QED) is 0.917. The third-order valence-electron chi connectivity index (χ3n) is 4.61. The number of ether oxygens (including phenoxy) is 1. The van der Waals surface area contributed by atoms with Gasteiger partial charge >= 0.3 is 0 Å². The third kappa shape index (κ3) is 3.11. The van der Waals surface area contributed by atoms with Crippen molar-refractivity contribution < 1.29 is 9.53 Å². The molecule has 1 amide bonds. The van der Waals surface area contributed by atoms with Gasteiger partial charge in [-0.05, 0) is 30.4 Å². The number of rotatable bonds is 4. The van der Waals surface area contributed by atoms with Crippen molar-refractivity contribution in [2.75, 3.05) is 26.3 Å². The van der Waals surface area contributed by atoms with Crippen LogP contribution < -0.4 is 5.73 Å². The normalized spacial score (nSPS) is 21.9. The van der Waals surface area contributed by atoms with Gasteiger partial charge in [0, 0.05) is 24.5 Å². The van der Waals surface area contributed by atoms with Crippen LogP contribution in [0.2, 0.25) is 0 Å². The van der Waals surface area contributed by atoms with Crippen LogP contribution in [-0.2, 0) is 21.5 Å². The molecule has 2 N–H and O–H groups in total. The summed E-state index contributed by atoms with van der Waals surface area (Å²) < 4.78 is 5.31. The van der Waals surface area contributed by atoms with Crippen LogP contribution in [-0.4, -0.2) is 37.1 Å². The molecule has 21 heavy (non-hydrogen) atoms. The average Bonchev–Trinajstić information content (AvgIpc) is 3.26. The van der Waals surface area contributed by atoms with E-state index in [2.05, 4.69) is 12.1 Å². The van der Waals surface area contributed by atoms with Crippen molar-refractivity contribution in [2.45, 2.75) is 31.7 Å². The number of carbonyl (C=O) groups is 1. The fourth-order valence-electron chi connectivity index (χ4n) is 3.10. The predicted molar refractivity (Wildman–Crippen MR) is 81.8 cm³/mol. The van der Waals surface area contributed by atoms with E-state index < -0.39 is 0 Å². The van der Waals surface area contributed by atoms with Gasteiger partial charge in [0.2, 0.25) is 5.91 Å². The number of hydrogen-bond acceptors (Lipinski definition) is 3. The molecule has 1 aromatic rings. The number of nitrogens with zero attached hydrogens (tertiary/aromatic N) is 1. The van der Waals surface area contributed by atoms with Gasteiger partial charge in [0.25, 0.3) is 0 Å². The minimum atomic E-state index is -0.141. The highest BCUT2D eigenvalue weighted by atomic mass is 16.5. The first-order valence-corrected chi connectivity index (χ1v) is 7.84. The van der Waals surface area contributed by atoms with E-state index in [1.165, 1.54) is 11.1 Å². The van der Waals surface area contributed by atoms with Gasteiger partial charge in [0.1, 0.15) is 0 Å². The van der Waals surface area contributed by atoms with Crippen molar-refractivity contribution in [1.29, 1.82) is 0 Å². The second kappa shape index (κ2) is 5.78. The molecule has 114 valence electrons. The van der Waals surface area contributed by atoms with Crippen molar-refractivity contribution in [2.24, 2.45) is 11.7 Å². The molecule has 0 bridgehead atoms. The molecule has 1 heterocycles. The van der Waals surface area contributed by atoms with Crippen molar-refractivity contribution in [3.63, 3.8) is 0 Å². The van der Waals surface area contributed by atoms with Gasteiger partial charge in [-0.15, -0.1) is 0 Å². The summed E-state index contributed by atoms with van der Waals surface area (Å²) in [6, 6.07) is 8.32. The molecule has 0 aromatic heterocycles. The summed E-state index contributed by atoms with van der Waals surface area (Å²) in [6.07, 6.45) is 2.87. The summed E-state index contributed by atoms with van der Waals surface area (Å²) in [4.78, 5) is 14.4. The first-order chi connectivity index (χ1) is 10.1. The molecular weight excluding hydrogens is 264 g/mol. The van der Waals surface area contributed by atoms with Gasteiger partial charge in [0.15, 0.2) is 0 Å². The summed E-state index contributed by atoms with van der Waals surface area (Å²) in [5.41, 5.74) is 8.67. The first kappa shape index (κ1) is 14.5. The molecule has 1 aliphatic heterocycles. The molecule has 1 aliphatic carbocycles. The minimum Gasteiger partial charge on any atom is -0.378 e. The maximum absolute atomic E-state index is 12.5. The molecule has 2 aliphatic rings. The monoisotopic (exact) mass is 288 g/mol. The summed E-state index contributed by atoms with van der Waals surface area (Å²) in [5.74, 6) is 0.224. The van der Waals surface area contributed by atoms with Gasteiger partial charge in [-0.1, -0.05) is 31.2 Å². The molecule has 2 fully saturated rings. The lowest BCUT2D eigenvalue weighted by Crippen LogP contribution is -2.43. The Bertz CT molecular complexity index is 519. The van der Waals surface area contributed by atoms with Crippen LogP contribution in [0.25, 0.3) is 0 Å². The lowest BCUT2D eigenvalue weighted by atomic mass is 9.91. The average molecular weight is 288 g/mol. The van der Waals surface area contributed by atoms with Crippen LogP contribution >= 0.6 is 0 Å². The van der Waals surface area contributed by atoms with Crippen LogP contribution in [0.1, 0.15) is 30.9 Å². The van der Waals surface area contributed by atoms with E-state index in [0.29, 0.717) is 26.3 Å². The summed E-state index contributed by atoms with van der Waals surface area (Å²) in [6.45, 7) is 4.75. The van der Waals surface area contributed by atoms with Crippen LogP contribution in [0.3, 0.4) is 0 Å². The Kier molecular flexibility index (Phi) is 4.00. The van der Waals surface area contributed by atoms with E-state index in [1.54, 1.807) is 0 Å². The zero-order valence-electron chi connectivity index (χ0n) is 12.7. The molecule has 3 rings (SSSR count). The predicted octanol–water partition coefficient (Wildman–Crippen LogP) is 1.67. The topological polar surface area (TPSA) is 55.6 Å². The second-order valence-corrected chi connectivity index (χ2v) is 6.36. The molecule has 4 nitrogen and oxygen atoms in total. The number of amides is 1. The van der Waals surface area contributed by atoms with Crippen LogP contribution in [0.15, 0.2) is 24.3 Å². The molecule has 1 saturated carbocycles. The SMILES string of the molecule is CC(Cc1ccccc1C1(N)CC1)C(=O)N1CCOCC1. The Morgan fingerprint density at radius 2 is 2.00 bits per heavy atom. The summed E-state index contributed by atoms with van der Waals surface area (Å²) in [7, 11) is 0. The van der Waals surface area contributed by atoms with Crippen LogP contribution in [0, 0.1) is 5.92 Å². The Morgan fingerprint density at radius 3 is 2.67 bits per heavy atom. The molecule has 1 unspecified atom stereocenters. The first-order valence-electron chi connectivity index (χ1n) is 7.84. The van der Waals surface area contributed by atoms with E-state index in [1.807, 2.05) is 24.0 Å². The molecular formula is C17H24N2O2. The van der Waals surface area contributed by atoms with E-state index in [4.69, 9.17) is 10.5 Å². The zero-order chi connectivity index (χ0) is 14.9. The largest absolute Gasteiger partial charge is 0.378 e. The third-order valence-corrected chi connectivity index (χ3v) is 4.61. The standard InChI is InChI=1S/C17H24N2O2/c1-13(16(20)19-8-10-21-11-9-19)12-14-4-2-3-5-15(14)17(18)6-7-17/h2-5,13H,6-12,18H2,1H3. The number of benzene rings is 1. The number of hydrogen-bond donors (Lipinski definition) is 1. The Labute approximate surface area is 126 Å². The van der Waals surface area contributed by atoms with E-state index in [-0.39, 0.29) is 17.4 Å². The van der Waals surface area contributed by atoms with Crippen molar-refractivity contribution in [1.82, 2.24) is 4.90 Å². The highest BCUT2D eigenvalue weighted by Crippen LogP contribution is 2.44. The van der Waals surface area contributed by atoms with Crippen molar-refractivity contribution in [3.8, 4) is 0 Å². The fraction of sp³-hybridized carbons (Fsp3) is 0.588. The summed E-state index contributed by atoms with van der Waals surface area (Å²) in [5, 5.41) is 0. The Morgan fingerprint density at radius 1 is 1.33 bits per heavy atom. The fourth-order valence-corrected chi connectivity index (χ4v) is 3.10. The van der Waals surface area contributed by atoms with Gasteiger partial charge < -0.3 is 15.4 Å². The number of carbonyl (C=O) groups excluding carboxylic acids is 1. The van der Waals surface area contributed by atoms with Gasteiger partial charge in [-0.2, -0.15) is 0 Å². The maximum Gasteiger partial charge on any atom is 0.225 e. The second-order valence-electron chi connectivity index (χ2n) is 6.36. The molecule has 4 heteroatoms. The zero-order valence-corrected chi connectivity index (χ0v) is 12.7. The molecule has 1 atom stereocenters. The lowest BCUT2D eigenvalue weighted by Gasteiger charge is -2.29. The maximum atomic E-state index is 12.5. The number of morpholine rings is 1. The van der Waals surface area contributed by atoms with Crippen LogP contribution in [0.5, 0.6) is 0 Å². The highest BCUT2D eigenvalue weighted by Gasteiger charge is 2.41. The van der Waals surface area contributed by atoms with E-state index in [0.717, 1.165) is 19.3 Å². The van der Waals surface area contributed by atoms with Gasteiger partial charge in [-0.3, -0.25) is 4.79 Å². The minimum absolute atomic E-state index is 0.00778. The number of nitrogens with two attached hydrogens (primary N) is 1. The highest BCUT2D eigenvalue weighted by molar-refractivity contribution is 5.79. The Hall–Kier alpha value is -1.39. The molecule has 1 saturated heterocycles. The molecule has 0 spiro atoms. The summed E-state index contributed by atoms with van der Waals surface area (Å²) >= 11 is 0. The molecule has 1 aromatic carbocycles. The molecule has 0 radical (unpaired) electrons.